The number of benzene rings is 1. The average Bonchev–Trinajstić information content (AvgIpc) is 2.84. The number of imidazole rings is 1. The number of aromatic nitrogens is 2. The highest BCUT2D eigenvalue weighted by Crippen LogP contribution is 2.23. The van der Waals surface area contributed by atoms with Crippen molar-refractivity contribution < 1.29 is 14.3 Å². The van der Waals surface area contributed by atoms with Crippen LogP contribution in [0.5, 0.6) is 5.75 Å². The van der Waals surface area contributed by atoms with E-state index in [1.165, 1.54) is 16.7 Å². The first-order valence-corrected chi connectivity index (χ1v) is 7.20. The fraction of sp³-hybridized carbons (Fsp3) is 0.176. The molecule has 6 heteroatoms. The van der Waals surface area contributed by atoms with Crippen LogP contribution in [0.3, 0.4) is 0 Å². The van der Waals surface area contributed by atoms with E-state index >= 15 is 0 Å². The van der Waals surface area contributed by atoms with Crippen molar-refractivity contribution in [3.63, 3.8) is 0 Å². The fourth-order valence-electron chi connectivity index (χ4n) is 2.46. The number of fused-ring (bicyclic) bond motifs is 1. The first-order chi connectivity index (χ1) is 11.0. The van der Waals surface area contributed by atoms with Crippen LogP contribution in [0, 0.1) is 12.9 Å². The summed E-state index contributed by atoms with van der Waals surface area (Å²) >= 11 is 0. The van der Waals surface area contributed by atoms with Gasteiger partial charge in [0.05, 0.1) is 6.04 Å². The summed E-state index contributed by atoms with van der Waals surface area (Å²) in [5, 5.41) is 12.5. The Balaban J connectivity index is 1.89. The standard InChI is InChI=1S/C17H16FN3O2/c1-10-7-8-21-14(9-10)20-15(16(21)18)17(23)19-11(2)12-5-3-4-6-13(12)22/h3-9,11,22H,1-2H3,(H,19,23). The van der Waals surface area contributed by atoms with Gasteiger partial charge in [-0.2, -0.15) is 4.39 Å². The number of nitrogens with zero attached hydrogens (tertiary/aromatic N) is 2. The molecule has 0 aliphatic rings. The van der Waals surface area contributed by atoms with Gasteiger partial charge in [-0.25, -0.2) is 4.98 Å². The number of hydrogen-bond donors (Lipinski definition) is 2. The number of pyridine rings is 1. The minimum Gasteiger partial charge on any atom is -0.508 e. The van der Waals surface area contributed by atoms with E-state index in [4.69, 9.17) is 0 Å². The van der Waals surface area contributed by atoms with Crippen molar-refractivity contribution in [2.24, 2.45) is 0 Å². The normalized spacial score (nSPS) is 12.3. The summed E-state index contributed by atoms with van der Waals surface area (Å²) < 4.78 is 15.6. The molecule has 0 saturated carbocycles. The van der Waals surface area contributed by atoms with Crippen molar-refractivity contribution in [3.05, 3.63) is 65.4 Å². The van der Waals surface area contributed by atoms with Gasteiger partial charge in [-0.3, -0.25) is 9.20 Å². The molecule has 0 bridgehead atoms. The highest BCUT2D eigenvalue weighted by Gasteiger charge is 2.21. The minimum atomic E-state index is -0.706. The molecule has 1 amide bonds. The Labute approximate surface area is 132 Å². The number of carbonyl (C=O) groups excluding carboxylic acids is 1. The number of carbonyl (C=O) groups is 1. The van der Waals surface area contributed by atoms with E-state index in [2.05, 4.69) is 10.3 Å². The molecule has 1 unspecified atom stereocenters. The Morgan fingerprint density at radius 1 is 1.35 bits per heavy atom. The van der Waals surface area contributed by atoms with Gasteiger partial charge in [-0.15, -0.1) is 0 Å². The molecule has 0 saturated heterocycles. The van der Waals surface area contributed by atoms with Crippen LogP contribution >= 0.6 is 0 Å². The Morgan fingerprint density at radius 3 is 2.83 bits per heavy atom. The zero-order valence-electron chi connectivity index (χ0n) is 12.7. The lowest BCUT2D eigenvalue weighted by atomic mass is 10.1. The molecule has 5 nitrogen and oxygen atoms in total. The maximum absolute atomic E-state index is 14.3. The Hall–Kier alpha value is -2.89. The number of para-hydroxylation sites is 1. The molecule has 2 N–H and O–H groups in total. The summed E-state index contributed by atoms with van der Waals surface area (Å²) in [4.78, 5) is 16.4. The predicted octanol–water partition coefficient (Wildman–Crippen LogP) is 2.98. The number of aryl methyl sites for hydroxylation is 1. The zero-order chi connectivity index (χ0) is 16.6. The summed E-state index contributed by atoms with van der Waals surface area (Å²) in [6, 6.07) is 9.64. The third kappa shape index (κ3) is 2.75. The SMILES string of the molecule is Cc1ccn2c(F)c(C(=O)NC(C)c3ccccc3O)nc2c1. The Bertz CT molecular complexity index is 889. The van der Waals surface area contributed by atoms with Gasteiger partial charge in [-0.05, 0) is 37.6 Å². The van der Waals surface area contributed by atoms with Gasteiger partial charge < -0.3 is 10.4 Å². The minimum absolute atomic E-state index is 0.0754. The second-order valence-corrected chi connectivity index (χ2v) is 5.44. The van der Waals surface area contributed by atoms with Crippen molar-refractivity contribution in [3.8, 4) is 5.75 Å². The number of hydrogen-bond acceptors (Lipinski definition) is 3. The van der Waals surface area contributed by atoms with Crippen LogP contribution < -0.4 is 5.32 Å². The number of phenols is 1. The zero-order valence-corrected chi connectivity index (χ0v) is 12.7. The number of phenolic OH excluding ortho intramolecular Hbond substituents is 1. The van der Waals surface area contributed by atoms with Gasteiger partial charge >= 0.3 is 0 Å². The largest absolute Gasteiger partial charge is 0.508 e. The molecule has 0 aliphatic heterocycles. The van der Waals surface area contributed by atoms with Gasteiger partial charge in [0, 0.05) is 11.8 Å². The third-order valence-electron chi connectivity index (χ3n) is 3.69. The van der Waals surface area contributed by atoms with E-state index in [1.807, 2.05) is 6.92 Å². The van der Waals surface area contributed by atoms with Crippen LogP contribution in [0.25, 0.3) is 5.65 Å². The van der Waals surface area contributed by atoms with E-state index in [9.17, 15) is 14.3 Å². The molecule has 2 aromatic heterocycles. The van der Waals surface area contributed by atoms with Gasteiger partial charge in [0.2, 0.25) is 5.95 Å². The lowest BCUT2D eigenvalue weighted by Gasteiger charge is -2.14. The van der Waals surface area contributed by atoms with E-state index in [0.717, 1.165) is 5.56 Å². The summed E-state index contributed by atoms with van der Waals surface area (Å²) in [6.07, 6.45) is 1.54. The molecule has 3 aromatic rings. The summed E-state index contributed by atoms with van der Waals surface area (Å²) in [5.41, 5.74) is 1.60. The molecular formula is C17H16FN3O2. The van der Waals surface area contributed by atoms with Crippen LogP contribution in [-0.4, -0.2) is 20.4 Å². The first-order valence-electron chi connectivity index (χ1n) is 7.20. The number of rotatable bonds is 3. The van der Waals surface area contributed by atoms with Gasteiger partial charge in [0.25, 0.3) is 5.91 Å². The van der Waals surface area contributed by atoms with Crippen molar-refractivity contribution >= 4 is 11.6 Å². The van der Waals surface area contributed by atoms with Gasteiger partial charge in [0.15, 0.2) is 5.69 Å². The highest BCUT2D eigenvalue weighted by molar-refractivity contribution is 5.93. The van der Waals surface area contributed by atoms with E-state index in [0.29, 0.717) is 11.2 Å². The van der Waals surface area contributed by atoms with Crippen LogP contribution in [0.2, 0.25) is 0 Å². The molecule has 0 aliphatic carbocycles. The highest BCUT2D eigenvalue weighted by atomic mass is 19.1. The van der Waals surface area contributed by atoms with E-state index in [1.54, 1.807) is 37.3 Å². The second kappa shape index (κ2) is 5.72. The lowest BCUT2D eigenvalue weighted by Crippen LogP contribution is -2.27. The maximum atomic E-state index is 14.3. The predicted molar refractivity (Wildman–Crippen MR) is 83.9 cm³/mol. The lowest BCUT2D eigenvalue weighted by molar-refractivity contribution is 0.0930. The molecule has 118 valence electrons. The van der Waals surface area contributed by atoms with Crippen LogP contribution in [0.1, 0.15) is 34.6 Å². The summed E-state index contributed by atoms with van der Waals surface area (Å²) in [5.74, 6) is -1.26. The maximum Gasteiger partial charge on any atom is 0.275 e. The van der Waals surface area contributed by atoms with Crippen LogP contribution in [0.15, 0.2) is 42.6 Å². The number of amides is 1. The molecule has 1 atom stereocenters. The van der Waals surface area contributed by atoms with Crippen molar-refractivity contribution in [1.29, 1.82) is 0 Å². The first kappa shape index (κ1) is 15.0. The van der Waals surface area contributed by atoms with Gasteiger partial charge in [-0.1, -0.05) is 18.2 Å². The monoisotopic (exact) mass is 313 g/mol. The summed E-state index contributed by atoms with van der Waals surface area (Å²) in [7, 11) is 0. The van der Waals surface area contributed by atoms with Crippen LogP contribution in [0.4, 0.5) is 4.39 Å². The number of halogens is 1. The Morgan fingerprint density at radius 2 is 2.09 bits per heavy atom. The number of aromatic hydroxyl groups is 1. The molecule has 23 heavy (non-hydrogen) atoms. The van der Waals surface area contributed by atoms with E-state index in [-0.39, 0.29) is 11.4 Å². The molecule has 2 heterocycles. The van der Waals surface area contributed by atoms with Crippen molar-refractivity contribution in [2.45, 2.75) is 19.9 Å². The second-order valence-electron chi connectivity index (χ2n) is 5.44. The molecule has 0 spiro atoms. The third-order valence-corrected chi connectivity index (χ3v) is 3.69. The average molecular weight is 313 g/mol. The molecular weight excluding hydrogens is 297 g/mol. The van der Waals surface area contributed by atoms with Gasteiger partial charge in [0.1, 0.15) is 11.4 Å². The smallest absolute Gasteiger partial charge is 0.275 e. The van der Waals surface area contributed by atoms with E-state index < -0.39 is 17.9 Å². The number of nitrogens with one attached hydrogen (secondary N) is 1. The van der Waals surface area contributed by atoms with Crippen LogP contribution in [-0.2, 0) is 0 Å². The molecule has 1 aromatic carbocycles. The molecule has 3 rings (SSSR count). The Kier molecular flexibility index (Phi) is 3.73. The molecule has 0 radical (unpaired) electrons. The molecule has 0 fully saturated rings. The topological polar surface area (TPSA) is 66.6 Å². The van der Waals surface area contributed by atoms with Crippen molar-refractivity contribution in [1.82, 2.24) is 14.7 Å². The quantitative estimate of drug-likeness (QED) is 0.781. The fourth-order valence-corrected chi connectivity index (χ4v) is 2.46. The van der Waals surface area contributed by atoms with Crippen molar-refractivity contribution in [2.75, 3.05) is 0 Å². The summed E-state index contributed by atoms with van der Waals surface area (Å²) in [6.45, 7) is 3.58.